The largest absolute Gasteiger partial charge is 0.333 e. The third-order valence-corrected chi connectivity index (χ3v) is 7.91. The molecule has 2 aliphatic heterocycles. The van der Waals surface area contributed by atoms with Gasteiger partial charge >= 0.3 is 6.03 Å². The number of fused-ring (bicyclic) bond motifs is 1. The molecule has 2 aliphatic carbocycles. The number of nitrogens with zero attached hydrogens (tertiary/aromatic N) is 4. The standard InChI is InChI=1S/C31H37N5O3/c1-3-19-34(31(39)32-20-24-13-7-4-8-14-24)35-22-28(37)36-27(35)21-33(23(2)25-15-9-5-10-16-25)30(38)29(36)26-17-11-6-12-18-26/h3-5,7,9-11,13,15-18,23,27,29H,1,6,8,12,14,19-22H2,2H3,(H,32,39)/t23-,27?,29-/m0/s1. The summed E-state index contributed by atoms with van der Waals surface area (Å²) in [4.78, 5) is 44.6. The Hall–Kier alpha value is -3.91. The highest BCUT2D eigenvalue weighted by atomic mass is 16.2. The molecule has 0 saturated carbocycles. The predicted octanol–water partition coefficient (Wildman–Crippen LogP) is 4.09. The van der Waals surface area contributed by atoms with E-state index in [4.69, 9.17) is 0 Å². The molecule has 5 rings (SSSR count). The molecule has 1 N–H and O–H groups in total. The van der Waals surface area contributed by atoms with Crippen molar-refractivity contribution in [2.24, 2.45) is 0 Å². The van der Waals surface area contributed by atoms with Gasteiger partial charge in [0.25, 0.3) is 5.91 Å². The van der Waals surface area contributed by atoms with Crippen LogP contribution in [-0.4, -0.2) is 76.0 Å². The molecule has 8 nitrogen and oxygen atoms in total. The molecule has 0 spiro atoms. The number of benzene rings is 1. The molecule has 4 amide bonds. The molecule has 8 heteroatoms. The minimum absolute atomic E-state index is 0.0195. The molecular formula is C31H37N5O3. The van der Waals surface area contributed by atoms with Crippen LogP contribution in [0.5, 0.6) is 0 Å². The highest BCUT2D eigenvalue weighted by Gasteiger charge is 2.53. The van der Waals surface area contributed by atoms with Crippen LogP contribution in [0.15, 0.2) is 90.6 Å². The average Bonchev–Trinajstić information content (AvgIpc) is 3.30. The summed E-state index contributed by atoms with van der Waals surface area (Å²) in [6.07, 6.45) is 17.1. The Bertz CT molecular complexity index is 1230. The van der Waals surface area contributed by atoms with Crippen LogP contribution in [0.2, 0.25) is 0 Å². The number of carbonyl (C=O) groups is 3. The zero-order valence-electron chi connectivity index (χ0n) is 22.5. The van der Waals surface area contributed by atoms with Gasteiger partial charge in [0.05, 0.1) is 25.7 Å². The van der Waals surface area contributed by atoms with Crippen LogP contribution in [0, 0.1) is 0 Å². The number of piperazine rings is 1. The van der Waals surface area contributed by atoms with Crippen molar-refractivity contribution in [2.75, 3.05) is 26.2 Å². The minimum Gasteiger partial charge on any atom is -0.333 e. The third kappa shape index (κ3) is 5.47. The van der Waals surface area contributed by atoms with Gasteiger partial charge in [-0.1, -0.05) is 78.4 Å². The van der Waals surface area contributed by atoms with Crippen molar-refractivity contribution >= 4 is 17.8 Å². The maximum atomic E-state index is 14.1. The molecule has 2 fully saturated rings. The van der Waals surface area contributed by atoms with Crippen LogP contribution in [0.1, 0.15) is 44.2 Å². The first kappa shape index (κ1) is 26.7. The number of amides is 4. The van der Waals surface area contributed by atoms with E-state index >= 15 is 0 Å². The highest BCUT2D eigenvalue weighted by Crippen LogP contribution is 2.35. The molecule has 204 valence electrons. The van der Waals surface area contributed by atoms with E-state index in [0.717, 1.165) is 42.4 Å². The molecule has 4 aliphatic rings. The van der Waals surface area contributed by atoms with E-state index < -0.39 is 12.2 Å². The molecule has 0 bridgehead atoms. The second-order valence-corrected chi connectivity index (χ2v) is 10.4. The number of allylic oxidation sites excluding steroid dienone is 5. The Kier molecular flexibility index (Phi) is 8.12. The molecule has 2 saturated heterocycles. The van der Waals surface area contributed by atoms with Crippen molar-refractivity contribution in [2.45, 2.75) is 50.9 Å². The highest BCUT2D eigenvalue weighted by molar-refractivity contribution is 5.94. The number of carbonyl (C=O) groups excluding carboxylic acids is 3. The summed E-state index contributed by atoms with van der Waals surface area (Å²) in [5.74, 6) is -0.250. The lowest BCUT2D eigenvalue weighted by Crippen LogP contribution is -2.66. The topological polar surface area (TPSA) is 76.2 Å². The third-order valence-electron chi connectivity index (χ3n) is 7.91. The molecular weight excluding hydrogens is 490 g/mol. The average molecular weight is 528 g/mol. The number of hydrazine groups is 1. The lowest BCUT2D eigenvalue weighted by Gasteiger charge is -2.48. The van der Waals surface area contributed by atoms with E-state index in [2.05, 4.69) is 30.1 Å². The van der Waals surface area contributed by atoms with Gasteiger partial charge in [0.2, 0.25) is 5.91 Å². The first-order valence-corrected chi connectivity index (χ1v) is 13.8. The lowest BCUT2D eigenvalue weighted by molar-refractivity contribution is -0.156. The zero-order chi connectivity index (χ0) is 27.4. The van der Waals surface area contributed by atoms with Crippen molar-refractivity contribution in [3.8, 4) is 0 Å². The monoisotopic (exact) mass is 527 g/mol. The van der Waals surface area contributed by atoms with Crippen LogP contribution in [0.4, 0.5) is 4.79 Å². The first-order chi connectivity index (χ1) is 19.0. The normalized spacial score (nSPS) is 23.7. The van der Waals surface area contributed by atoms with Crippen molar-refractivity contribution in [3.63, 3.8) is 0 Å². The minimum atomic E-state index is -0.725. The van der Waals surface area contributed by atoms with Gasteiger partial charge < -0.3 is 15.1 Å². The van der Waals surface area contributed by atoms with Crippen molar-refractivity contribution in [1.29, 1.82) is 0 Å². The van der Waals surface area contributed by atoms with Crippen molar-refractivity contribution < 1.29 is 14.4 Å². The molecule has 2 heterocycles. The Morgan fingerprint density at radius 2 is 2.00 bits per heavy atom. The van der Waals surface area contributed by atoms with Crippen LogP contribution in [0.3, 0.4) is 0 Å². The van der Waals surface area contributed by atoms with Crippen LogP contribution < -0.4 is 5.32 Å². The molecule has 1 aromatic rings. The maximum absolute atomic E-state index is 14.1. The van der Waals surface area contributed by atoms with Gasteiger partial charge in [-0.2, -0.15) is 5.01 Å². The van der Waals surface area contributed by atoms with Gasteiger partial charge in [0.1, 0.15) is 12.2 Å². The summed E-state index contributed by atoms with van der Waals surface area (Å²) in [6.45, 7) is 6.89. The van der Waals surface area contributed by atoms with Gasteiger partial charge in [-0.3, -0.25) is 14.6 Å². The second-order valence-electron chi connectivity index (χ2n) is 10.4. The van der Waals surface area contributed by atoms with Crippen molar-refractivity contribution in [3.05, 3.63) is 96.2 Å². The summed E-state index contributed by atoms with van der Waals surface area (Å²) >= 11 is 0. The Morgan fingerprint density at radius 3 is 2.69 bits per heavy atom. The van der Waals surface area contributed by atoms with Gasteiger partial charge in [-0.25, -0.2) is 4.79 Å². The molecule has 3 atom stereocenters. The molecule has 0 radical (unpaired) electrons. The molecule has 0 aromatic heterocycles. The fourth-order valence-electron chi connectivity index (χ4n) is 5.83. The van der Waals surface area contributed by atoms with Gasteiger partial charge in [0.15, 0.2) is 0 Å². The maximum Gasteiger partial charge on any atom is 0.332 e. The Labute approximate surface area is 230 Å². The molecule has 39 heavy (non-hydrogen) atoms. The van der Waals surface area contributed by atoms with Crippen molar-refractivity contribution in [1.82, 2.24) is 25.1 Å². The number of rotatable bonds is 8. The Morgan fingerprint density at radius 1 is 1.18 bits per heavy atom. The zero-order valence-corrected chi connectivity index (χ0v) is 22.5. The fourth-order valence-corrected chi connectivity index (χ4v) is 5.83. The van der Waals surface area contributed by atoms with Crippen LogP contribution in [-0.2, 0) is 9.59 Å². The van der Waals surface area contributed by atoms with E-state index in [1.807, 2.05) is 65.4 Å². The van der Waals surface area contributed by atoms with Crippen LogP contribution >= 0.6 is 0 Å². The van der Waals surface area contributed by atoms with E-state index in [1.165, 1.54) is 0 Å². The summed E-state index contributed by atoms with van der Waals surface area (Å²) in [6, 6.07) is 8.73. The second kappa shape index (κ2) is 11.9. The molecule has 1 unspecified atom stereocenters. The van der Waals surface area contributed by atoms with E-state index in [0.29, 0.717) is 13.1 Å². The SMILES string of the molecule is C=CCN(C(=O)NCC1=CC=CCC1)N1CC(=O)N2C1CN([C@@H](C)c1ccccc1)C(=O)[C@@H]2C1=CCCC=C1. The van der Waals surface area contributed by atoms with E-state index in [9.17, 15) is 14.4 Å². The van der Waals surface area contributed by atoms with E-state index in [1.54, 1.807) is 16.0 Å². The fraction of sp³-hybridized carbons (Fsp3) is 0.387. The van der Waals surface area contributed by atoms with Crippen LogP contribution in [0.25, 0.3) is 0 Å². The molecule has 1 aromatic carbocycles. The van der Waals surface area contributed by atoms with Gasteiger partial charge in [0, 0.05) is 6.54 Å². The summed E-state index contributed by atoms with van der Waals surface area (Å²) in [7, 11) is 0. The number of urea groups is 1. The van der Waals surface area contributed by atoms with Gasteiger partial charge in [-0.05, 0) is 43.7 Å². The lowest BCUT2D eigenvalue weighted by atomic mass is 9.94. The van der Waals surface area contributed by atoms with E-state index in [-0.39, 0.29) is 37.0 Å². The first-order valence-electron chi connectivity index (χ1n) is 13.8. The number of nitrogens with one attached hydrogen (secondary N) is 1. The summed E-state index contributed by atoms with van der Waals surface area (Å²) in [5.41, 5.74) is 3.02. The summed E-state index contributed by atoms with van der Waals surface area (Å²) in [5, 5.41) is 6.41. The quantitative estimate of drug-likeness (QED) is 0.517. The smallest absolute Gasteiger partial charge is 0.332 e. The summed E-state index contributed by atoms with van der Waals surface area (Å²) < 4.78 is 0. The number of hydrogen-bond acceptors (Lipinski definition) is 4. The van der Waals surface area contributed by atoms with Gasteiger partial charge in [-0.15, -0.1) is 6.58 Å². The predicted molar refractivity (Wildman–Crippen MR) is 151 cm³/mol. The number of hydrogen-bond donors (Lipinski definition) is 1. The Balaban J connectivity index is 1.45.